The molecule has 0 unspecified atom stereocenters. The van der Waals surface area contributed by atoms with Crippen LogP contribution in [0.15, 0.2) is 35.4 Å². The molecule has 2 rings (SSSR count). The Morgan fingerprint density at radius 1 is 1.26 bits per heavy atom. The first-order valence-electron chi connectivity index (χ1n) is 4.86. The molecule has 100 valence electrons. The molecule has 6 nitrogen and oxygen atoms in total. The summed E-state index contributed by atoms with van der Waals surface area (Å²) < 4.78 is 41.1. The number of hydrogen-bond acceptors (Lipinski definition) is 6. The Balaban J connectivity index is 2.30. The summed E-state index contributed by atoms with van der Waals surface area (Å²) in [5.74, 6) is -1.37. The highest BCUT2D eigenvalue weighted by molar-refractivity contribution is 7.87. The van der Waals surface area contributed by atoms with Crippen LogP contribution in [0.1, 0.15) is 0 Å². The van der Waals surface area contributed by atoms with Crippen molar-refractivity contribution in [3.63, 3.8) is 0 Å². The molecule has 0 atom stereocenters. The zero-order valence-electron chi connectivity index (χ0n) is 9.25. The number of hydrogen-bond donors (Lipinski definition) is 1. The van der Waals surface area contributed by atoms with Gasteiger partial charge in [-0.3, -0.25) is 0 Å². The van der Waals surface area contributed by atoms with E-state index in [0.29, 0.717) is 5.02 Å². The molecule has 19 heavy (non-hydrogen) atoms. The van der Waals surface area contributed by atoms with Crippen LogP contribution in [0.3, 0.4) is 0 Å². The molecule has 0 saturated carbocycles. The second-order valence-electron chi connectivity index (χ2n) is 3.38. The monoisotopic (exact) mass is 303 g/mol. The molecule has 0 saturated heterocycles. The van der Waals surface area contributed by atoms with E-state index >= 15 is 0 Å². The fraction of sp³-hybridized carbons (Fsp3) is 0. The third kappa shape index (κ3) is 3.09. The second-order valence-corrected chi connectivity index (χ2v) is 5.36. The number of halogens is 2. The number of nitrogens with two attached hydrogens (primary N) is 1. The Labute approximate surface area is 113 Å². The van der Waals surface area contributed by atoms with E-state index in [1.807, 2.05) is 0 Å². The van der Waals surface area contributed by atoms with Crippen LogP contribution in [0.4, 0.5) is 10.2 Å². The van der Waals surface area contributed by atoms with Crippen LogP contribution in [0.5, 0.6) is 6.01 Å². The minimum atomic E-state index is -4.12. The van der Waals surface area contributed by atoms with Crippen molar-refractivity contribution < 1.29 is 17.0 Å². The van der Waals surface area contributed by atoms with Crippen molar-refractivity contribution in [2.24, 2.45) is 0 Å². The van der Waals surface area contributed by atoms with Gasteiger partial charge in [0.15, 0.2) is 11.6 Å². The molecular weight excluding hydrogens is 297 g/mol. The van der Waals surface area contributed by atoms with Crippen LogP contribution in [0, 0.1) is 5.82 Å². The molecule has 0 fully saturated rings. The van der Waals surface area contributed by atoms with Gasteiger partial charge in [0.25, 0.3) is 0 Å². The van der Waals surface area contributed by atoms with E-state index in [0.717, 1.165) is 6.20 Å². The van der Waals surface area contributed by atoms with Crippen molar-refractivity contribution in [1.29, 1.82) is 0 Å². The van der Waals surface area contributed by atoms with E-state index in [4.69, 9.17) is 17.3 Å². The number of aromatic nitrogens is 2. The van der Waals surface area contributed by atoms with Gasteiger partial charge in [0, 0.05) is 5.02 Å². The molecule has 9 heteroatoms. The molecular formula is C10H7ClFN3O3S. The fourth-order valence-corrected chi connectivity index (χ4v) is 2.12. The third-order valence-corrected chi connectivity index (χ3v) is 3.51. The second kappa shape index (κ2) is 4.98. The maximum absolute atomic E-state index is 12.8. The Morgan fingerprint density at radius 3 is 2.47 bits per heavy atom. The topological polar surface area (TPSA) is 95.2 Å². The lowest BCUT2D eigenvalue weighted by molar-refractivity contribution is 0.461. The SMILES string of the molecule is Nc1nc(OS(=O)(=O)c2ccc(Cl)cc2)ncc1F. The first kappa shape index (κ1) is 13.5. The number of benzene rings is 1. The van der Waals surface area contributed by atoms with Crippen LogP contribution in [0.2, 0.25) is 5.02 Å². The van der Waals surface area contributed by atoms with Gasteiger partial charge in [-0.1, -0.05) is 11.6 Å². The maximum Gasteiger partial charge on any atom is 0.341 e. The highest BCUT2D eigenvalue weighted by atomic mass is 35.5. The van der Waals surface area contributed by atoms with Crippen molar-refractivity contribution in [2.45, 2.75) is 4.90 Å². The lowest BCUT2D eigenvalue weighted by Gasteiger charge is -2.05. The molecule has 0 bridgehead atoms. The van der Waals surface area contributed by atoms with Crippen molar-refractivity contribution in [1.82, 2.24) is 9.97 Å². The molecule has 1 aromatic heterocycles. The summed E-state index contributed by atoms with van der Waals surface area (Å²) >= 11 is 5.64. The van der Waals surface area contributed by atoms with E-state index < -0.39 is 27.8 Å². The number of nitrogen functional groups attached to an aromatic ring is 1. The molecule has 0 aliphatic heterocycles. The van der Waals surface area contributed by atoms with E-state index in [9.17, 15) is 12.8 Å². The van der Waals surface area contributed by atoms with Crippen molar-refractivity contribution in [2.75, 3.05) is 5.73 Å². The van der Waals surface area contributed by atoms with Crippen LogP contribution in [-0.4, -0.2) is 18.4 Å². The summed E-state index contributed by atoms with van der Waals surface area (Å²) in [7, 11) is -4.12. The van der Waals surface area contributed by atoms with Crippen LogP contribution >= 0.6 is 11.6 Å². The highest BCUT2D eigenvalue weighted by Gasteiger charge is 2.18. The molecule has 1 heterocycles. The van der Waals surface area contributed by atoms with Crippen LogP contribution in [-0.2, 0) is 10.1 Å². The normalized spacial score (nSPS) is 11.3. The molecule has 1 aromatic carbocycles. The summed E-state index contributed by atoms with van der Waals surface area (Å²) in [6.07, 6.45) is 0.717. The first-order valence-corrected chi connectivity index (χ1v) is 6.65. The van der Waals surface area contributed by atoms with E-state index in [1.54, 1.807) is 0 Å². The van der Waals surface area contributed by atoms with Crippen molar-refractivity contribution in [3.05, 3.63) is 41.3 Å². The molecule has 0 spiro atoms. The number of nitrogens with zero attached hydrogens (tertiary/aromatic N) is 2. The molecule has 0 amide bonds. The summed E-state index contributed by atoms with van der Waals surface area (Å²) in [5.41, 5.74) is 5.18. The molecule has 0 aliphatic rings. The summed E-state index contributed by atoms with van der Waals surface area (Å²) in [6, 6.07) is 4.72. The van der Waals surface area contributed by atoms with Crippen molar-refractivity contribution >= 4 is 27.5 Å². The minimum Gasteiger partial charge on any atom is -0.381 e. The quantitative estimate of drug-likeness (QED) is 0.866. The van der Waals surface area contributed by atoms with Crippen LogP contribution in [0.25, 0.3) is 0 Å². The fourth-order valence-electron chi connectivity index (χ4n) is 1.15. The zero-order valence-corrected chi connectivity index (χ0v) is 10.8. The Morgan fingerprint density at radius 2 is 1.89 bits per heavy atom. The predicted molar refractivity (Wildman–Crippen MR) is 65.7 cm³/mol. The minimum absolute atomic E-state index is 0.136. The van der Waals surface area contributed by atoms with Gasteiger partial charge in [-0.25, -0.2) is 4.39 Å². The zero-order chi connectivity index (χ0) is 14.0. The Hall–Kier alpha value is -1.93. The lowest BCUT2D eigenvalue weighted by atomic mass is 10.4. The van der Waals surface area contributed by atoms with Gasteiger partial charge < -0.3 is 9.92 Å². The first-order chi connectivity index (χ1) is 8.88. The van der Waals surface area contributed by atoms with Gasteiger partial charge in [0.05, 0.1) is 6.20 Å². The summed E-state index contributed by atoms with van der Waals surface area (Å²) in [5, 5.41) is 0.376. The molecule has 0 radical (unpaired) electrons. The summed E-state index contributed by atoms with van der Waals surface area (Å²) in [4.78, 5) is 6.60. The highest BCUT2D eigenvalue weighted by Crippen LogP contribution is 2.18. The summed E-state index contributed by atoms with van der Waals surface area (Å²) in [6.45, 7) is 0. The van der Waals surface area contributed by atoms with Crippen molar-refractivity contribution in [3.8, 4) is 6.01 Å². The molecule has 2 N–H and O–H groups in total. The lowest BCUT2D eigenvalue weighted by Crippen LogP contribution is -2.12. The van der Waals surface area contributed by atoms with E-state index in [2.05, 4.69) is 14.2 Å². The maximum atomic E-state index is 12.8. The average Bonchev–Trinajstić information content (AvgIpc) is 2.34. The van der Waals surface area contributed by atoms with Gasteiger partial charge >= 0.3 is 16.1 Å². The molecule has 0 aliphatic carbocycles. The predicted octanol–water partition coefficient (Wildman–Crippen LogP) is 1.62. The van der Waals surface area contributed by atoms with Gasteiger partial charge in [-0.15, -0.1) is 0 Å². The van der Waals surface area contributed by atoms with Gasteiger partial charge in [-0.05, 0) is 24.3 Å². The van der Waals surface area contributed by atoms with Crippen LogP contribution < -0.4 is 9.92 Å². The van der Waals surface area contributed by atoms with Gasteiger partial charge in [0.2, 0.25) is 0 Å². The Kier molecular flexibility index (Phi) is 3.54. The largest absolute Gasteiger partial charge is 0.381 e. The Bertz CT molecular complexity index is 706. The average molecular weight is 304 g/mol. The van der Waals surface area contributed by atoms with E-state index in [1.165, 1.54) is 24.3 Å². The van der Waals surface area contributed by atoms with Gasteiger partial charge in [0.1, 0.15) is 4.90 Å². The smallest absolute Gasteiger partial charge is 0.341 e. The standard InChI is InChI=1S/C10H7ClFN3O3S/c11-6-1-3-7(4-2-6)19(16,17)18-10-14-5-8(12)9(13)15-10/h1-5H,(H2,13,14,15). The molecule has 2 aromatic rings. The number of anilines is 1. The number of rotatable bonds is 3. The van der Waals surface area contributed by atoms with E-state index in [-0.39, 0.29) is 4.90 Å². The van der Waals surface area contributed by atoms with Gasteiger partial charge in [-0.2, -0.15) is 18.4 Å². The third-order valence-electron chi connectivity index (χ3n) is 2.04.